The van der Waals surface area contributed by atoms with Crippen LogP contribution in [0.5, 0.6) is 0 Å². The van der Waals surface area contributed by atoms with Gasteiger partial charge in [0.25, 0.3) is 0 Å². The highest BCUT2D eigenvalue weighted by Crippen LogP contribution is 2.33. The van der Waals surface area contributed by atoms with Crippen LogP contribution in [0.3, 0.4) is 0 Å². The summed E-state index contributed by atoms with van der Waals surface area (Å²) in [5.41, 5.74) is 0. The van der Waals surface area contributed by atoms with Crippen LogP contribution in [-0.4, -0.2) is 25.8 Å². The zero-order valence-corrected chi connectivity index (χ0v) is 9.30. The third-order valence-corrected chi connectivity index (χ3v) is 3.62. The Kier molecular flexibility index (Phi) is 3.82. The van der Waals surface area contributed by atoms with Crippen LogP contribution in [-0.2, 0) is 4.74 Å². The maximum Gasteiger partial charge on any atom is 0.0509 e. The second-order valence-corrected chi connectivity index (χ2v) is 4.95. The van der Waals surface area contributed by atoms with E-state index in [0.29, 0.717) is 6.04 Å². The summed E-state index contributed by atoms with van der Waals surface area (Å²) in [5.74, 6) is 1.85. The molecular weight excluding hydrogens is 174 g/mol. The van der Waals surface area contributed by atoms with Crippen molar-refractivity contribution in [2.24, 2.45) is 11.8 Å². The van der Waals surface area contributed by atoms with Gasteiger partial charge in [-0.1, -0.05) is 12.8 Å². The van der Waals surface area contributed by atoms with Gasteiger partial charge < -0.3 is 10.1 Å². The second kappa shape index (κ2) is 5.13. The minimum atomic E-state index is 0.650. The van der Waals surface area contributed by atoms with Crippen molar-refractivity contribution >= 4 is 0 Å². The molecule has 1 N–H and O–H groups in total. The van der Waals surface area contributed by atoms with Crippen molar-refractivity contribution in [1.29, 1.82) is 0 Å². The van der Waals surface area contributed by atoms with E-state index in [1.165, 1.54) is 38.6 Å². The monoisotopic (exact) mass is 197 g/mol. The highest BCUT2D eigenvalue weighted by Gasteiger charge is 2.22. The molecule has 1 heterocycles. The van der Waals surface area contributed by atoms with E-state index < -0.39 is 0 Å². The zero-order valence-electron chi connectivity index (χ0n) is 9.30. The van der Waals surface area contributed by atoms with E-state index in [2.05, 4.69) is 12.2 Å². The van der Waals surface area contributed by atoms with Crippen molar-refractivity contribution in [3.8, 4) is 0 Å². The second-order valence-electron chi connectivity index (χ2n) is 4.95. The lowest BCUT2D eigenvalue weighted by Crippen LogP contribution is -2.34. The molecule has 2 heteroatoms. The van der Waals surface area contributed by atoms with Crippen LogP contribution in [0.25, 0.3) is 0 Å². The lowest BCUT2D eigenvalue weighted by Gasteiger charge is -2.19. The number of hydrogen-bond donors (Lipinski definition) is 1. The first-order valence-corrected chi connectivity index (χ1v) is 6.17. The van der Waals surface area contributed by atoms with E-state index in [9.17, 15) is 0 Å². The Morgan fingerprint density at radius 1 is 1.36 bits per heavy atom. The Balaban J connectivity index is 1.50. The third kappa shape index (κ3) is 3.25. The largest absolute Gasteiger partial charge is 0.381 e. The first kappa shape index (κ1) is 10.4. The minimum Gasteiger partial charge on any atom is -0.381 e. The van der Waals surface area contributed by atoms with Crippen molar-refractivity contribution in [3.63, 3.8) is 0 Å². The zero-order chi connectivity index (χ0) is 9.80. The molecule has 2 aliphatic rings. The molecular formula is C12H23NO. The fraction of sp³-hybridized carbons (Fsp3) is 1.00. The molecule has 0 bridgehead atoms. The molecule has 82 valence electrons. The average Bonchev–Trinajstić information content (AvgIpc) is 2.84. The van der Waals surface area contributed by atoms with Gasteiger partial charge in [-0.3, -0.25) is 0 Å². The van der Waals surface area contributed by atoms with Gasteiger partial charge in [0.15, 0.2) is 0 Å². The molecule has 0 spiro atoms. The molecule has 0 aromatic carbocycles. The molecule has 2 nitrogen and oxygen atoms in total. The molecule has 2 atom stereocenters. The molecule has 0 aromatic heterocycles. The summed E-state index contributed by atoms with van der Waals surface area (Å²) in [6.45, 7) is 5.44. The van der Waals surface area contributed by atoms with E-state index in [0.717, 1.165) is 25.0 Å². The first-order valence-electron chi connectivity index (χ1n) is 6.17. The Labute approximate surface area is 87.4 Å². The lowest BCUT2D eigenvalue weighted by atomic mass is 10.0. The third-order valence-electron chi connectivity index (χ3n) is 3.62. The summed E-state index contributed by atoms with van der Waals surface area (Å²) >= 11 is 0. The van der Waals surface area contributed by atoms with E-state index in [1.807, 2.05) is 0 Å². The lowest BCUT2D eigenvalue weighted by molar-refractivity contribution is 0.178. The molecule has 1 aliphatic heterocycles. The van der Waals surface area contributed by atoms with Crippen LogP contribution in [0.4, 0.5) is 0 Å². The minimum absolute atomic E-state index is 0.650. The average molecular weight is 197 g/mol. The summed E-state index contributed by atoms with van der Waals surface area (Å²) in [6.07, 6.45) is 7.04. The fourth-order valence-electron chi connectivity index (χ4n) is 2.24. The van der Waals surface area contributed by atoms with Gasteiger partial charge in [-0.2, -0.15) is 0 Å². The number of rotatable bonds is 6. The van der Waals surface area contributed by atoms with Crippen molar-refractivity contribution < 1.29 is 4.74 Å². The van der Waals surface area contributed by atoms with Crippen LogP contribution < -0.4 is 5.32 Å². The van der Waals surface area contributed by atoms with Crippen LogP contribution in [0.1, 0.15) is 39.0 Å². The predicted octanol–water partition coefficient (Wildman–Crippen LogP) is 2.19. The molecule has 1 aliphatic carbocycles. The van der Waals surface area contributed by atoms with Crippen LogP contribution in [0.2, 0.25) is 0 Å². The maximum absolute atomic E-state index is 5.39. The van der Waals surface area contributed by atoms with E-state index in [4.69, 9.17) is 4.74 Å². The Morgan fingerprint density at radius 2 is 2.21 bits per heavy atom. The van der Waals surface area contributed by atoms with Gasteiger partial charge in [-0.05, 0) is 44.6 Å². The molecule has 1 saturated heterocycles. The summed E-state index contributed by atoms with van der Waals surface area (Å²) < 4.78 is 5.39. The topological polar surface area (TPSA) is 21.3 Å². The Hall–Kier alpha value is -0.0800. The smallest absolute Gasteiger partial charge is 0.0509 e. The molecule has 2 fully saturated rings. The maximum atomic E-state index is 5.39. The predicted molar refractivity (Wildman–Crippen MR) is 58.3 cm³/mol. The van der Waals surface area contributed by atoms with Gasteiger partial charge in [0.2, 0.25) is 0 Å². The van der Waals surface area contributed by atoms with Crippen molar-refractivity contribution in [1.82, 2.24) is 5.32 Å². The Bertz CT molecular complexity index is 162. The summed E-state index contributed by atoms with van der Waals surface area (Å²) in [7, 11) is 0. The standard InChI is InChI=1S/C12H23NO/c1-10(12-6-8-14-9-12)13-7-2-3-11-4-5-11/h10-13H,2-9H2,1H3. The summed E-state index contributed by atoms with van der Waals surface area (Å²) in [4.78, 5) is 0. The van der Waals surface area contributed by atoms with Gasteiger partial charge in [-0.25, -0.2) is 0 Å². The first-order chi connectivity index (χ1) is 6.86. The summed E-state index contributed by atoms with van der Waals surface area (Å²) in [6, 6.07) is 0.650. The van der Waals surface area contributed by atoms with Crippen molar-refractivity contribution in [2.45, 2.75) is 45.1 Å². The van der Waals surface area contributed by atoms with Gasteiger partial charge >= 0.3 is 0 Å². The van der Waals surface area contributed by atoms with Crippen molar-refractivity contribution in [2.75, 3.05) is 19.8 Å². The van der Waals surface area contributed by atoms with Crippen LogP contribution in [0, 0.1) is 11.8 Å². The molecule has 2 unspecified atom stereocenters. The van der Waals surface area contributed by atoms with Gasteiger partial charge in [-0.15, -0.1) is 0 Å². The van der Waals surface area contributed by atoms with Crippen molar-refractivity contribution in [3.05, 3.63) is 0 Å². The van der Waals surface area contributed by atoms with E-state index in [1.54, 1.807) is 0 Å². The van der Waals surface area contributed by atoms with Gasteiger partial charge in [0, 0.05) is 12.6 Å². The highest BCUT2D eigenvalue weighted by atomic mass is 16.5. The fourth-order valence-corrected chi connectivity index (χ4v) is 2.24. The quantitative estimate of drug-likeness (QED) is 0.659. The molecule has 0 amide bonds. The van der Waals surface area contributed by atoms with Gasteiger partial charge in [0.1, 0.15) is 0 Å². The molecule has 1 saturated carbocycles. The van der Waals surface area contributed by atoms with Crippen LogP contribution in [0.15, 0.2) is 0 Å². The van der Waals surface area contributed by atoms with Gasteiger partial charge in [0.05, 0.1) is 6.61 Å². The number of nitrogens with one attached hydrogen (secondary N) is 1. The summed E-state index contributed by atoms with van der Waals surface area (Å²) in [5, 5.41) is 3.63. The highest BCUT2D eigenvalue weighted by molar-refractivity contribution is 4.77. The molecule has 2 rings (SSSR count). The van der Waals surface area contributed by atoms with Crippen LogP contribution >= 0.6 is 0 Å². The molecule has 0 aromatic rings. The molecule has 14 heavy (non-hydrogen) atoms. The van der Waals surface area contributed by atoms with E-state index in [-0.39, 0.29) is 0 Å². The molecule has 0 radical (unpaired) electrons. The normalized spacial score (nSPS) is 29.4. The number of ether oxygens (including phenoxy) is 1. The van der Waals surface area contributed by atoms with E-state index >= 15 is 0 Å². The SMILES string of the molecule is CC(NCCCC1CC1)C1CCOC1. The Morgan fingerprint density at radius 3 is 2.86 bits per heavy atom. The number of hydrogen-bond acceptors (Lipinski definition) is 2.